The molecule has 1 aliphatic carbocycles. The molecule has 3 aliphatic heterocycles. The van der Waals surface area contributed by atoms with Crippen molar-refractivity contribution in [1.29, 1.82) is 0 Å². The minimum atomic E-state index is -0.620. The van der Waals surface area contributed by atoms with Gasteiger partial charge in [0, 0.05) is 68.7 Å². The second-order valence-corrected chi connectivity index (χ2v) is 14.0. The Kier molecular flexibility index (Phi) is 9.04. The predicted octanol–water partition coefficient (Wildman–Crippen LogP) is 3.85. The monoisotopic (exact) mass is 631 g/mol. The first-order chi connectivity index (χ1) is 22.0. The minimum Gasteiger partial charge on any atom is -0.390 e. The molecule has 3 aromatic rings. The molecule has 0 bridgehead atoms. The Morgan fingerprint density at radius 1 is 0.889 bits per heavy atom. The van der Waals surface area contributed by atoms with Gasteiger partial charge in [-0.1, -0.05) is 54.0 Å². The van der Waals surface area contributed by atoms with E-state index in [0.717, 1.165) is 51.6 Å². The second kappa shape index (κ2) is 13.5. The van der Waals surface area contributed by atoms with Crippen molar-refractivity contribution in [2.45, 2.75) is 86.5 Å². The lowest BCUT2D eigenvalue weighted by molar-refractivity contribution is -0.0139. The van der Waals surface area contributed by atoms with E-state index in [9.17, 15) is 14.7 Å². The fraction of sp³-hybridized carbons (Fsp3) is 0.545. The Labute approximate surface area is 267 Å². The molecule has 2 N–H and O–H groups in total. The van der Waals surface area contributed by atoms with Crippen molar-refractivity contribution in [3.8, 4) is 0 Å². The zero-order valence-electron chi connectivity index (χ0n) is 25.5. The van der Waals surface area contributed by atoms with Crippen LogP contribution < -0.4 is 5.32 Å². The van der Waals surface area contributed by atoms with Gasteiger partial charge in [-0.25, -0.2) is 9.97 Å². The predicted molar refractivity (Wildman–Crippen MR) is 170 cm³/mol. The Morgan fingerprint density at radius 3 is 2.40 bits per heavy atom. The molecule has 0 spiro atoms. The zero-order chi connectivity index (χ0) is 30.8. The fourth-order valence-electron chi connectivity index (χ4n) is 7.23. The standard InChI is InChI=1S/C33H41N7O4S/c41-29-21-40(17-12-28(29)39-14-9-22-5-1-2-6-23(22)20-39)32(43)27-19-30(36-33(35-27)45-25-7-3-4-8-25)34-24-10-15-38(16-11-24)31(42)26-13-18-44-37-26/h1-2,5-6,13,18-19,24-25,28-29,41H,3-4,7-12,14-17,20-21H2,(H,34,35,36)/t28-,29-/m1/s1. The van der Waals surface area contributed by atoms with Crippen LogP contribution in [0.4, 0.5) is 5.82 Å². The molecule has 5 heterocycles. The summed E-state index contributed by atoms with van der Waals surface area (Å²) in [7, 11) is 0. The maximum atomic E-state index is 13.9. The van der Waals surface area contributed by atoms with Crippen molar-refractivity contribution in [2.24, 2.45) is 0 Å². The second-order valence-electron chi connectivity index (χ2n) is 12.7. The maximum absolute atomic E-state index is 13.9. The lowest BCUT2D eigenvalue weighted by atomic mass is 9.94. The number of likely N-dealkylation sites (tertiary alicyclic amines) is 2. The molecule has 2 saturated heterocycles. The van der Waals surface area contributed by atoms with E-state index in [0.29, 0.717) is 47.2 Å². The Morgan fingerprint density at radius 2 is 1.64 bits per heavy atom. The van der Waals surface area contributed by atoms with Gasteiger partial charge < -0.3 is 24.7 Å². The largest absolute Gasteiger partial charge is 0.390 e. The lowest BCUT2D eigenvalue weighted by Crippen LogP contribution is -2.56. The highest BCUT2D eigenvalue weighted by Gasteiger charge is 2.36. The van der Waals surface area contributed by atoms with E-state index in [1.165, 1.54) is 30.2 Å². The number of anilines is 1. The average molecular weight is 632 g/mol. The van der Waals surface area contributed by atoms with Gasteiger partial charge in [0.25, 0.3) is 11.8 Å². The van der Waals surface area contributed by atoms with Crippen LogP contribution >= 0.6 is 11.8 Å². The van der Waals surface area contributed by atoms with E-state index >= 15 is 0 Å². The number of β-amino-alcohol motifs (C(OH)–C–C–N with tert-alkyl or cyclic N) is 1. The minimum absolute atomic E-state index is 0.0283. The van der Waals surface area contributed by atoms with Gasteiger partial charge in [0.05, 0.1) is 6.10 Å². The van der Waals surface area contributed by atoms with Gasteiger partial charge >= 0.3 is 0 Å². The van der Waals surface area contributed by atoms with Crippen LogP contribution in [-0.4, -0.2) is 103 Å². The van der Waals surface area contributed by atoms with Gasteiger partial charge in [-0.15, -0.1) is 0 Å². The Balaban J connectivity index is 1.01. The summed E-state index contributed by atoms with van der Waals surface area (Å²) in [6.07, 6.45) is 8.69. The highest BCUT2D eigenvalue weighted by molar-refractivity contribution is 7.99. The third-order valence-corrected chi connectivity index (χ3v) is 11.0. The van der Waals surface area contributed by atoms with Crippen molar-refractivity contribution in [1.82, 2.24) is 29.8 Å². The number of amides is 2. The van der Waals surface area contributed by atoms with Crippen molar-refractivity contribution in [2.75, 3.05) is 38.0 Å². The maximum Gasteiger partial charge on any atom is 0.276 e. The number of carbonyl (C=O) groups excluding carboxylic acids is 2. The number of benzene rings is 1. The van der Waals surface area contributed by atoms with Crippen LogP contribution in [0.1, 0.15) is 77.0 Å². The van der Waals surface area contributed by atoms with E-state index < -0.39 is 6.10 Å². The molecule has 3 fully saturated rings. The average Bonchev–Trinajstić information content (AvgIpc) is 3.79. The van der Waals surface area contributed by atoms with Crippen molar-refractivity contribution in [3.05, 3.63) is 65.2 Å². The van der Waals surface area contributed by atoms with E-state index in [2.05, 4.69) is 39.6 Å². The molecule has 11 nitrogen and oxygen atoms in total. The highest BCUT2D eigenvalue weighted by Crippen LogP contribution is 2.34. The van der Waals surface area contributed by atoms with E-state index in [1.807, 2.05) is 0 Å². The topological polar surface area (TPSA) is 128 Å². The van der Waals surface area contributed by atoms with Crippen LogP contribution in [0.15, 0.2) is 52.3 Å². The third-order valence-electron chi connectivity index (χ3n) is 9.75. The molecule has 7 rings (SSSR count). The Hall–Kier alpha value is -3.48. The summed E-state index contributed by atoms with van der Waals surface area (Å²) in [5, 5.41) is 19.7. The van der Waals surface area contributed by atoms with Crippen LogP contribution in [0.3, 0.4) is 0 Å². The third kappa shape index (κ3) is 6.87. The molecule has 1 saturated carbocycles. The number of rotatable bonds is 7. The first kappa shape index (κ1) is 30.2. The molecule has 2 atom stereocenters. The van der Waals surface area contributed by atoms with Crippen LogP contribution in [-0.2, 0) is 13.0 Å². The van der Waals surface area contributed by atoms with Crippen LogP contribution in [0.25, 0.3) is 0 Å². The number of hydrogen-bond donors (Lipinski definition) is 2. The number of nitrogens with zero attached hydrogens (tertiary/aromatic N) is 6. The first-order valence-electron chi connectivity index (χ1n) is 16.3. The summed E-state index contributed by atoms with van der Waals surface area (Å²) in [6, 6.07) is 12.0. The molecule has 2 amide bonds. The summed E-state index contributed by atoms with van der Waals surface area (Å²) in [5.41, 5.74) is 3.41. The molecule has 238 valence electrons. The zero-order valence-corrected chi connectivity index (χ0v) is 26.3. The molecule has 1 aromatic carbocycles. The summed E-state index contributed by atoms with van der Waals surface area (Å²) >= 11 is 1.66. The van der Waals surface area contributed by atoms with Crippen LogP contribution in [0.5, 0.6) is 0 Å². The number of fused-ring (bicyclic) bond motifs is 1. The molecule has 4 aliphatic rings. The summed E-state index contributed by atoms with van der Waals surface area (Å²) < 4.78 is 4.84. The normalized spacial score (nSPS) is 23.2. The van der Waals surface area contributed by atoms with Gasteiger partial charge in [-0.05, 0) is 49.7 Å². The number of hydrogen-bond acceptors (Lipinski definition) is 10. The van der Waals surface area contributed by atoms with Crippen molar-refractivity contribution >= 4 is 29.4 Å². The van der Waals surface area contributed by atoms with E-state index in [1.54, 1.807) is 33.7 Å². The Bertz CT molecular complexity index is 1490. The van der Waals surface area contributed by atoms with E-state index in [-0.39, 0.29) is 30.4 Å². The molecule has 0 radical (unpaired) electrons. The van der Waals surface area contributed by atoms with E-state index in [4.69, 9.17) is 14.5 Å². The molecular weight excluding hydrogens is 590 g/mol. The molecule has 12 heteroatoms. The smallest absolute Gasteiger partial charge is 0.276 e. The fourth-order valence-corrected chi connectivity index (χ4v) is 8.40. The van der Waals surface area contributed by atoms with Crippen LogP contribution in [0.2, 0.25) is 0 Å². The van der Waals surface area contributed by atoms with Crippen LogP contribution in [0, 0.1) is 0 Å². The van der Waals surface area contributed by atoms with Gasteiger partial charge in [-0.3, -0.25) is 14.5 Å². The number of thioether (sulfide) groups is 1. The van der Waals surface area contributed by atoms with Gasteiger partial charge in [-0.2, -0.15) is 0 Å². The number of aliphatic hydroxyl groups excluding tert-OH is 1. The molecular formula is C33H41N7O4S. The summed E-state index contributed by atoms with van der Waals surface area (Å²) in [6.45, 7) is 3.81. The molecule has 2 aromatic heterocycles. The molecule has 0 unspecified atom stereocenters. The number of aliphatic hydroxyl groups is 1. The SMILES string of the molecule is O=C(c1ccon1)N1CCC(Nc2cc(C(=O)N3CC[C@@H](N4CCc5ccccc5C4)[C@H](O)C3)nc(SC3CCCC3)n2)CC1. The number of piperidine rings is 2. The van der Waals surface area contributed by atoms with Crippen molar-refractivity contribution < 1.29 is 19.2 Å². The van der Waals surface area contributed by atoms with Gasteiger partial charge in [0.1, 0.15) is 17.8 Å². The number of carbonyl (C=O) groups is 2. The highest BCUT2D eigenvalue weighted by atomic mass is 32.2. The molecule has 45 heavy (non-hydrogen) atoms. The first-order valence-corrected chi connectivity index (χ1v) is 17.2. The van der Waals surface area contributed by atoms with Gasteiger partial charge in [0.15, 0.2) is 10.9 Å². The number of nitrogens with one attached hydrogen (secondary N) is 1. The van der Waals surface area contributed by atoms with Gasteiger partial charge in [0.2, 0.25) is 0 Å². The summed E-state index contributed by atoms with van der Waals surface area (Å²) in [5.74, 6) is 0.351. The lowest BCUT2D eigenvalue weighted by Gasteiger charge is -2.43. The quantitative estimate of drug-likeness (QED) is 0.371. The summed E-state index contributed by atoms with van der Waals surface area (Å²) in [4.78, 5) is 42.1. The number of aromatic nitrogens is 3. The van der Waals surface area contributed by atoms with Crippen molar-refractivity contribution in [3.63, 3.8) is 0 Å².